The first-order valence-corrected chi connectivity index (χ1v) is 42.3. The van der Waals surface area contributed by atoms with E-state index in [-0.39, 0.29) is 12.2 Å². The molecular weight excluding hydrogens is 1610 g/mol. The molecule has 123 heavy (non-hydrogen) atoms. The van der Waals surface area contributed by atoms with Crippen molar-refractivity contribution in [3.8, 4) is 56.4 Å². The average Bonchev–Trinajstić information content (AvgIpc) is 1.61. The summed E-state index contributed by atoms with van der Waals surface area (Å²) in [6.07, 6.45) is 27.9. The van der Waals surface area contributed by atoms with E-state index in [1.807, 2.05) is 221 Å². The van der Waals surface area contributed by atoms with Gasteiger partial charge in [-0.3, -0.25) is 34.6 Å². The number of benzene rings is 4. The molecule has 0 atom stereocenters. The van der Waals surface area contributed by atoms with Gasteiger partial charge in [-0.1, -0.05) is 127 Å². The second-order valence-corrected chi connectivity index (χ2v) is 34.2. The molecule has 0 saturated carbocycles. The third-order valence-corrected chi connectivity index (χ3v) is 21.2. The maximum absolute atomic E-state index is 12.6. The fraction of sp³-hybridized carbons (Fsp3) is 0.309. The molecular formula is C97H105BBrN13O11. The van der Waals surface area contributed by atoms with Gasteiger partial charge in [-0.25, -0.2) is 34.3 Å². The van der Waals surface area contributed by atoms with Crippen molar-refractivity contribution in [3.05, 3.63) is 293 Å². The SMILES string of the molecule is Brc1cncc(OCc2ccccc2)c1.CC(C)(C)OC(=O)N1CCCc2cc(-c3cncc(OCc4ccccc4)c3)cnc21.CC(C)(C)OC(=O)N1CCCc2cc(B3OC(C)(C)C(C)(C)O3)cnc21.NC(=O)N1CCCc2cc(-c3cncc(OCc4ccccc4)c3)cnc21.c1ccc(COc2cncc(-c3cnc4c(c3)CCCN4)c2)cc1. The van der Waals surface area contributed by atoms with Crippen LogP contribution in [-0.2, 0) is 70.9 Å². The van der Waals surface area contributed by atoms with Crippen LogP contribution in [0.4, 0.5) is 37.7 Å². The van der Waals surface area contributed by atoms with E-state index in [1.165, 1.54) is 10.5 Å². The lowest BCUT2D eigenvalue weighted by Crippen LogP contribution is -2.42. The minimum absolute atomic E-state index is 0.352. The fourth-order valence-corrected chi connectivity index (χ4v) is 14.3. The number of hydrogen-bond acceptors (Lipinski definition) is 20. The highest BCUT2D eigenvalue weighted by molar-refractivity contribution is 9.10. The van der Waals surface area contributed by atoms with Crippen molar-refractivity contribution in [3.63, 3.8) is 0 Å². The molecule has 1 fully saturated rings. The second kappa shape index (κ2) is 40.8. The average molecular weight is 1720 g/mol. The highest BCUT2D eigenvalue weighted by Gasteiger charge is 2.52. The van der Waals surface area contributed by atoms with Crippen LogP contribution >= 0.6 is 15.9 Å². The minimum Gasteiger partial charge on any atom is -0.487 e. The van der Waals surface area contributed by atoms with E-state index >= 15 is 0 Å². The number of aryl methyl sites for hydroxylation is 4. The number of urea groups is 1. The summed E-state index contributed by atoms with van der Waals surface area (Å²) in [5.41, 5.74) is 19.2. The number of nitrogens with zero attached hydrogens (tertiary/aromatic N) is 11. The summed E-state index contributed by atoms with van der Waals surface area (Å²) >= 11 is 3.35. The highest BCUT2D eigenvalue weighted by Crippen LogP contribution is 2.39. The quantitative estimate of drug-likeness (QED) is 0.0850. The number of rotatable bonds is 16. The molecule has 5 aliphatic heterocycles. The van der Waals surface area contributed by atoms with Crippen molar-refractivity contribution in [1.82, 2.24) is 39.9 Å². The molecule has 0 unspecified atom stereocenters. The Hall–Kier alpha value is -12.6. The smallest absolute Gasteiger partial charge is 0.487 e. The number of aromatic nitrogens is 8. The Labute approximate surface area is 728 Å². The molecule has 4 amide bonds. The zero-order valence-electron chi connectivity index (χ0n) is 71.4. The first-order chi connectivity index (χ1) is 59.2. The molecule has 3 N–H and O–H groups in total. The number of nitrogens with two attached hydrogens (primary N) is 1. The van der Waals surface area contributed by atoms with E-state index in [0.717, 1.165) is 157 Å². The summed E-state index contributed by atoms with van der Waals surface area (Å²) in [4.78, 5) is 76.6. The summed E-state index contributed by atoms with van der Waals surface area (Å²) in [5.74, 6) is 5.96. The van der Waals surface area contributed by atoms with Crippen LogP contribution in [0.2, 0.25) is 0 Å². The molecule has 634 valence electrons. The predicted molar refractivity (Wildman–Crippen MR) is 483 cm³/mol. The number of carbonyl (C=O) groups excluding carboxylic acids is 3. The van der Waals surface area contributed by atoms with Gasteiger partial charge in [0.15, 0.2) is 0 Å². The zero-order valence-corrected chi connectivity index (χ0v) is 72.9. The van der Waals surface area contributed by atoms with Crippen molar-refractivity contribution in [2.24, 2.45) is 5.73 Å². The van der Waals surface area contributed by atoms with Crippen molar-refractivity contribution < 1.29 is 52.1 Å². The third kappa shape index (κ3) is 24.8. The van der Waals surface area contributed by atoms with Gasteiger partial charge in [0.2, 0.25) is 0 Å². The maximum atomic E-state index is 12.6. The Morgan fingerprint density at radius 2 is 0.748 bits per heavy atom. The Bertz CT molecular complexity index is 5540. The molecule has 17 rings (SSSR count). The zero-order chi connectivity index (χ0) is 86.5. The van der Waals surface area contributed by atoms with Crippen LogP contribution in [0.25, 0.3) is 33.4 Å². The van der Waals surface area contributed by atoms with Crippen LogP contribution in [-0.4, -0.2) is 114 Å². The molecule has 0 radical (unpaired) electrons. The van der Waals surface area contributed by atoms with Crippen LogP contribution in [0.15, 0.2) is 249 Å². The highest BCUT2D eigenvalue weighted by atomic mass is 79.9. The molecule has 4 aromatic carbocycles. The van der Waals surface area contributed by atoms with E-state index in [1.54, 1.807) is 71.8 Å². The number of primary amides is 1. The molecule has 0 aliphatic carbocycles. The number of halogens is 1. The van der Waals surface area contributed by atoms with Crippen LogP contribution in [0.3, 0.4) is 0 Å². The Kier molecular flexibility index (Phi) is 29.3. The predicted octanol–water partition coefficient (Wildman–Crippen LogP) is 19.5. The van der Waals surface area contributed by atoms with E-state index in [4.69, 9.17) is 43.5 Å². The Balaban J connectivity index is 0.000000134. The van der Waals surface area contributed by atoms with E-state index in [2.05, 4.69) is 91.5 Å². The van der Waals surface area contributed by atoms with Crippen molar-refractivity contribution >= 4 is 70.0 Å². The van der Waals surface area contributed by atoms with E-state index < -0.39 is 35.6 Å². The minimum atomic E-state index is -0.541. The summed E-state index contributed by atoms with van der Waals surface area (Å²) in [5, 5.41) is 3.34. The molecule has 1 saturated heterocycles. The molecule has 26 heteroatoms. The van der Waals surface area contributed by atoms with Gasteiger partial charge in [0.1, 0.15) is 83.9 Å². The monoisotopic (exact) mass is 1720 g/mol. The topological polar surface area (TPSA) is 276 Å². The fourth-order valence-electron chi connectivity index (χ4n) is 13.9. The first kappa shape index (κ1) is 88.2. The number of anilines is 4. The maximum Gasteiger partial charge on any atom is 0.496 e. The standard InChI is InChI=1S/C25H27N3O3.C21H20N4O2.C20H19N3O.C19H29BN2O4.C12H10BrNO/c1-25(2,3)31-24(29)28-11-7-10-19-12-20(15-27-23(19)28)21-13-22(16-26-14-21)30-17-18-8-5-4-6-9-18;22-21(26)25-8-4-7-16-9-17(12-24-20(16)25)18-10-19(13-23-11-18)27-14-15-5-2-1-3-6-15;1-2-5-15(6-3-1)14-24-19-10-18(11-21-13-19)17-9-16-7-4-8-22-20(16)23-12-17;1-17(2,3)24-16(23)22-10-8-9-13-11-14(12-21-15(13)22)20-25-18(4,5)19(6,7)26-20;13-11-6-12(8-14-7-11)15-9-10-4-2-1-3-5-10/h4-6,8-9,12-16H,7,10-11,17H2,1-3H3;1-3,5-6,9-13H,4,7-8,14H2,(H2,22,26);1-3,5-6,9-13H,4,7-8,14H2,(H,22,23);11-12H,8-10H2,1-7H3;1-8H,9H2. The van der Waals surface area contributed by atoms with E-state index in [9.17, 15) is 14.4 Å². The summed E-state index contributed by atoms with van der Waals surface area (Å²) in [7, 11) is -0.449. The molecule has 24 nitrogen and oxygen atoms in total. The lowest BCUT2D eigenvalue weighted by atomic mass is 9.79. The number of hydrogen-bond donors (Lipinski definition) is 2. The molecule has 5 aliphatic rings. The number of ether oxygens (including phenoxy) is 6. The van der Waals surface area contributed by atoms with Gasteiger partial charge in [0.05, 0.1) is 36.0 Å². The van der Waals surface area contributed by atoms with Gasteiger partial charge >= 0.3 is 25.3 Å². The number of pyridine rings is 8. The molecule has 8 aromatic heterocycles. The lowest BCUT2D eigenvalue weighted by Gasteiger charge is -2.32. The second-order valence-electron chi connectivity index (χ2n) is 33.2. The molecule has 12 aromatic rings. The largest absolute Gasteiger partial charge is 0.496 e. The first-order valence-electron chi connectivity index (χ1n) is 41.5. The number of amides is 4. The van der Waals surface area contributed by atoms with Gasteiger partial charge in [-0.15, -0.1) is 0 Å². The number of fused-ring (bicyclic) bond motifs is 4. The van der Waals surface area contributed by atoms with Gasteiger partial charge in [0.25, 0.3) is 0 Å². The van der Waals surface area contributed by atoms with Crippen LogP contribution in [0.5, 0.6) is 23.0 Å². The van der Waals surface area contributed by atoms with Crippen LogP contribution in [0.1, 0.15) is 139 Å². The van der Waals surface area contributed by atoms with Crippen molar-refractivity contribution in [2.45, 2.75) is 169 Å². The van der Waals surface area contributed by atoms with Crippen molar-refractivity contribution in [2.75, 3.05) is 46.2 Å². The summed E-state index contributed by atoms with van der Waals surface area (Å²) < 4.78 is 47.4. The van der Waals surface area contributed by atoms with Gasteiger partial charge in [0, 0.05) is 119 Å². The normalized spacial score (nSPS) is 14.6. The van der Waals surface area contributed by atoms with Gasteiger partial charge < -0.3 is 48.8 Å². The summed E-state index contributed by atoms with van der Waals surface area (Å²) in [6.45, 7) is 24.2. The van der Waals surface area contributed by atoms with Crippen molar-refractivity contribution in [1.29, 1.82) is 0 Å². The molecule has 0 bridgehead atoms. The Morgan fingerprint density at radius 3 is 1.14 bits per heavy atom. The third-order valence-electron chi connectivity index (χ3n) is 20.8. The van der Waals surface area contributed by atoms with Crippen LogP contribution in [0, 0.1) is 0 Å². The van der Waals surface area contributed by atoms with E-state index in [0.29, 0.717) is 75.0 Å². The number of nitrogens with one attached hydrogen (secondary N) is 1. The number of carbonyl (C=O) groups is 3. The molecule has 13 heterocycles. The van der Waals surface area contributed by atoms with Crippen LogP contribution < -0.4 is 50.2 Å². The van der Waals surface area contributed by atoms with Gasteiger partial charge in [-0.05, 0) is 224 Å². The Morgan fingerprint density at radius 1 is 0.415 bits per heavy atom. The molecule has 0 spiro atoms. The summed E-state index contributed by atoms with van der Waals surface area (Å²) in [6, 6.07) is 56.0. The van der Waals surface area contributed by atoms with Gasteiger partial charge in [-0.2, -0.15) is 0 Å². The lowest BCUT2D eigenvalue weighted by molar-refractivity contribution is 0.00578.